The van der Waals surface area contributed by atoms with Crippen molar-refractivity contribution in [2.45, 2.75) is 64.1 Å². The van der Waals surface area contributed by atoms with Crippen LogP contribution in [0.2, 0.25) is 0 Å². The molecule has 0 unspecified atom stereocenters. The predicted octanol–water partition coefficient (Wildman–Crippen LogP) is 1.69. The Labute approximate surface area is 93.2 Å². The summed E-state index contributed by atoms with van der Waals surface area (Å²) in [6.07, 6.45) is 4.98. The second-order valence-corrected chi connectivity index (χ2v) is 5.46. The minimum atomic E-state index is 0.139. The van der Waals surface area contributed by atoms with Crippen molar-refractivity contribution in [2.24, 2.45) is 0 Å². The Bertz CT molecular complexity index is 169. The van der Waals surface area contributed by atoms with Crippen LogP contribution in [0, 0.1) is 0 Å². The van der Waals surface area contributed by atoms with Gasteiger partial charge in [0.2, 0.25) is 0 Å². The summed E-state index contributed by atoms with van der Waals surface area (Å²) in [4.78, 5) is 0. The van der Waals surface area contributed by atoms with Gasteiger partial charge in [-0.1, -0.05) is 0 Å². The van der Waals surface area contributed by atoms with E-state index < -0.39 is 0 Å². The molecule has 0 radical (unpaired) electrons. The van der Waals surface area contributed by atoms with Crippen molar-refractivity contribution in [1.82, 2.24) is 5.32 Å². The van der Waals surface area contributed by atoms with Crippen molar-refractivity contribution in [3.63, 3.8) is 0 Å². The summed E-state index contributed by atoms with van der Waals surface area (Å²) in [5.41, 5.74) is 0.212. The number of aliphatic hydroxyl groups is 1. The molecule has 0 saturated heterocycles. The van der Waals surface area contributed by atoms with Crippen LogP contribution < -0.4 is 5.32 Å². The van der Waals surface area contributed by atoms with E-state index >= 15 is 0 Å². The molecule has 0 aliphatic heterocycles. The van der Waals surface area contributed by atoms with Crippen molar-refractivity contribution in [3.8, 4) is 0 Å². The molecule has 0 aromatic heterocycles. The molecular formula is C12H25NO2. The zero-order valence-corrected chi connectivity index (χ0v) is 10.3. The van der Waals surface area contributed by atoms with Gasteiger partial charge in [0.1, 0.15) is 0 Å². The number of ether oxygens (including phenoxy) is 1. The van der Waals surface area contributed by atoms with Crippen LogP contribution in [0.3, 0.4) is 0 Å². The van der Waals surface area contributed by atoms with E-state index in [1.165, 1.54) is 12.8 Å². The largest absolute Gasteiger partial charge is 0.394 e. The van der Waals surface area contributed by atoms with Gasteiger partial charge in [0.25, 0.3) is 0 Å². The molecule has 0 bridgehead atoms. The van der Waals surface area contributed by atoms with Crippen LogP contribution in [-0.2, 0) is 4.74 Å². The summed E-state index contributed by atoms with van der Waals surface area (Å²) in [5.74, 6) is 0. The zero-order valence-electron chi connectivity index (χ0n) is 10.3. The maximum atomic E-state index is 8.66. The molecule has 2 N–H and O–H groups in total. The first-order valence-electron chi connectivity index (χ1n) is 6.01. The molecule has 90 valence electrons. The van der Waals surface area contributed by atoms with Crippen molar-refractivity contribution in [2.75, 3.05) is 13.2 Å². The van der Waals surface area contributed by atoms with E-state index in [1.807, 2.05) is 0 Å². The number of hydrogen-bond donors (Lipinski definition) is 2. The topological polar surface area (TPSA) is 41.5 Å². The number of aliphatic hydroxyl groups excluding tert-OH is 1. The van der Waals surface area contributed by atoms with E-state index in [0.717, 1.165) is 12.8 Å². The molecule has 1 aliphatic rings. The minimum absolute atomic E-state index is 0.139. The average Bonchev–Trinajstić information content (AvgIpc) is 2.14. The van der Waals surface area contributed by atoms with Crippen LogP contribution >= 0.6 is 0 Å². The van der Waals surface area contributed by atoms with Gasteiger partial charge in [-0.15, -0.1) is 0 Å². The first kappa shape index (κ1) is 12.9. The first-order chi connectivity index (χ1) is 7.01. The monoisotopic (exact) mass is 215 g/mol. The summed E-state index contributed by atoms with van der Waals surface area (Å²) in [6, 6.07) is 0.638. The lowest BCUT2D eigenvalue weighted by molar-refractivity contribution is 0.00269. The van der Waals surface area contributed by atoms with E-state index in [1.54, 1.807) is 0 Å². The second kappa shape index (κ2) is 5.83. The van der Waals surface area contributed by atoms with Gasteiger partial charge in [-0.3, -0.25) is 0 Å². The lowest BCUT2D eigenvalue weighted by Gasteiger charge is -2.34. The van der Waals surface area contributed by atoms with Crippen molar-refractivity contribution < 1.29 is 9.84 Å². The van der Waals surface area contributed by atoms with Crippen LogP contribution in [0.1, 0.15) is 46.5 Å². The smallest absolute Gasteiger partial charge is 0.0701 e. The molecule has 0 spiro atoms. The van der Waals surface area contributed by atoms with E-state index in [0.29, 0.717) is 18.8 Å². The highest BCUT2D eigenvalue weighted by atomic mass is 16.5. The molecule has 0 aromatic rings. The van der Waals surface area contributed by atoms with E-state index in [4.69, 9.17) is 9.84 Å². The third kappa shape index (κ3) is 5.50. The molecule has 3 nitrogen and oxygen atoms in total. The van der Waals surface area contributed by atoms with Gasteiger partial charge in [-0.05, 0) is 46.5 Å². The van der Waals surface area contributed by atoms with Crippen LogP contribution in [0.4, 0.5) is 0 Å². The number of hydrogen-bond acceptors (Lipinski definition) is 3. The quantitative estimate of drug-likeness (QED) is 0.750. The average molecular weight is 215 g/mol. The molecule has 0 heterocycles. The fourth-order valence-electron chi connectivity index (χ4n) is 2.21. The van der Waals surface area contributed by atoms with Crippen LogP contribution in [0.15, 0.2) is 0 Å². The Kier molecular flexibility index (Phi) is 5.03. The number of nitrogens with one attached hydrogen (secondary N) is 1. The molecule has 1 rings (SSSR count). The van der Waals surface area contributed by atoms with Crippen LogP contribution in [0.5, 0.6) is 0 Å². The normalized spacial score (nSPS) is 28.0. The maximum absolute atomic E-state index is 8.66. The van der Waals surface area contributed by atoms with E-state index in [-0.39, 0.29) is 12.1 Å². The van der Waals surface area contributed by atoms with Gasteiger partial charge in [0.15, 0.2) is 0 Å². The first-order valence-corrected chi connectivity index (χ1v) is 6.01. The Balaban J connectivity index is 2.18. The molecule has 1 saturated carbocycles. The van der Waals surface area contributed by atoms with Gasteiger partial charge in [-0.25, -0.2) is 0 Å². The summed E-state index contributed by atoms with van der Waals surface area (Å²) >= 11 is 0. The highest BCUT2D eigenvalue weighted by molar-refractivity contribution is 4.83. The van der Waals surface area contributed by atoms with Gasteiger partial charge in [-0.2, -0.15) is 0 Å². The Hall–Kier alpha value is -0.120. The lowest BCUT2D eigenvalue weighted by atomic mass is 9.91. The van der Waals surface area contributed by atoms with Crippen LogP contribution in [-0.4, -0.2) is 36.0 Å². The summed E-state index contributed by atoms with van der Waals surface area (Å²) in [5, 5.41) is 12.3. The predicted molar refractivity (Wildman–Crippen MR) is 62.0 cm³/mol. The van der Waals surface area contributed by atoms with Crippen molar-refractivity contribution >= 4 is 0 Å². The highest BCUT2D eigenvalue weighted by Gasteiger charge is 2.24. The Morgan fingerprint density at radius 2 is 1.80 bits per heavy atom. The van der Waals surface area contributed by atoms with Crippen molar-refractivity contribution in [3.05, 3.63) is 0 Å². The van der Waals surface area contributed by atoms with Gasteiger partial charge >= 0.3 is 0 Å². The molecule has 3 heteroatoms. The summed E-state index contributed by atoms with van der Waals surface area (Å²) in [6.45, 7) is 7.26. The molecule has 1 fully saturated rings. The third-order valence-electron chi connectivity index (χ3n) is 2.76. The minimum Gasteiger partial charge on any atom is -0.394 e. The Morgan fingerprint density at radius 1 is 1.20 bits per heavy atom. The van der Waals surface area contributed by atoms with E-state index in [9.17, 15) is 0 Å². The van der Waals surface area contributed by atoms with Crippen LogP contribution in [0.25, 0.3) is 0 Å². The second-order valence-electron chi connectivity index (χ2n) is 5.46. The fraction of sp³-hybridized carbons (Fsp3) is 1.00. The van der Waals surface area contributed by atoms with Gasteiger partial charge in [0, 0.05) is 11.6 Å². The summed E-state index contributed by atoms with van der Waals surface area (Å²) < 4.78 is 5.53. The molecule has 0 aromatic carbocycles. The zero-order chi connectivity index (χ0) is 11.3. The third-order valence-corrected chi connectivity index (χ3v) is 2.76. The van der Waals surface area contributed by atoms with Gasteiger partial charge < -0.3 is 15.2 Å². The standard InChI is InChI=1S/C12H25NO2/c1-12(2,3)13-10-4-6-11(7-5-10)15-9-8-14/h10-11,13-14H,4-9H2,1-3H3/t10-,11-. The van der Waals surface area contributed by atoms with Crippen molar-refractivity contribution in [1.29, 1.82) is 0 Å². The molecule has 1 aliphatic carbocycles. The van der Waals surface area contributed by atoms with E-state index in [2.05, 4.69) is 26.1 Å². The fourth-order valence-corrected chi connectivity index (χ4v) is 2.21. The summed E-state index contributed by atoms with van der Waals surface area (Å²) in [7, 11) is 0. The molecular weight excluding hydrogens is 190 g/mol. The maximum Gasteiger partial charge on any atom is 0.0701 e. The molecule has 0 atom stereocenters. The number of rotatable bonds is 4. The Morgan fingerprint density at radius 3 is 2.27 bits per heavy atom. The molecule has 15 heavy (non-hydrogen) atoms. The lowest BCUT2D eigenvalue weighted by Crippen LogP contribution is -2.45. The van der Waals surface area contributed by atoms with Gasteiger partial charge in [0.05, 0.1) is 19.3 Å². The molecule has 0 amide bonds. The SMILES string of the molecule is CC(C)(C)N[C@H]1CC[C@H](OCCO)CC1. The highest BCUT2D eigenvalue weighted by Crippen LogP contribution is 2.22.